The zero-order chi connectivity index (χ0) is 16.7. The van der Waals surface area contributed by atoms with Crippen molar-refractivity contribution in [3.05, 3.63) is 28.8 Å². The molecule has 0 fully saturated rings. The van der Waals surface area contributed by atoms with E-state index in [4.69, 9.17) is 17.3 Å². The lowest BCUT2D eigenvalue weighted by molar-refractivity contribution is -0.123. The minimum atomic E-state index is -0.484. The Hall–Kier alpha value is -1.83. The van der Waals surface area contributed by atoms with Gasteiger partial charge in [0.1, 0.15) is 0 Å². The van der Waals surface area contributed by atoms with Crippen LogP contribution in [0.15, 0.2) is 18.2 Å². The molecule has 128 valence electrons. The Kier molecular flexibility index (Phi) is 9.24. The summed E-state index contributed by atoms with van der Waals surface area (Å²) in [5.41, 5.74) is 5.69. The summed E-state index contributed by atoms with van der Waals surface area (Å²) < 4.78 is 0. The number of hydrogen-bond donors (Lipinski definition) is 4. The van der Waals surface area contributed by atoms with Crippen LogP contribution in [0.5, 0.6) is 0 Å². The summed E-state index contributed by atoms with van der Waals surface area (Å²) in [6.45, 7) is 3.21. The molecule has 0 aliphatic heterocycles. The molecule has 0 saturated carbocycles. The predicted molar refractivity (Wildman–Crippen MR) is 92.0 cm³/mol. The second-order valence-electron chi connectivity index (χ2n) is 4.85. The van der Waals surface area contributed by atoms with Crippen molar-refractivity contribution in [2.75, 3.05) is 18.4 Å². The molecule has 0 atom stereocenters. The minimum absolute atomic E-state index is 0. The summed E-state index contributed by atoms with van der Waals surface area (Å²) in [5, 5.41) is 7.99. The van der Waals surface area contributed by atoms with Gasteiger partial charge in [-0.1, -0.05) is 11.6 Å². The Bertz CT molecular complexity index is 579. The van der Waals surface area contributed by atoms with Gasteiger partial charge in [-0.05, 0) is 32.0 Å². The molecule has 1 aromatic carbocycles. The van der Waals surface area contributed by atoms with E-state index in [0.29, 0.717) is 5.02 Å². The molecule has 0 saturated heterocycles. The van der Waals surface area contributed by atoms with E-state index < -0.39 is 11.8 Å². The number of anilines is 1. The van der Waals surface area contributed by atoms with Gasteiger partial charge in [0.15, 0.2) is 0 Å². The SMILES string of the molecule is CC(C)NC(=O)c1ccc(Cl)cc1NC(=O)CNC(=O)CN.Cl. The van der Waals surface area contributed by atoms with E-state index in [1.165, 1.54) is 12.1 Å². The third kappa shape index (κ3) is 7.32. The maximum absolute atomic E-state index is 12.1. The van der Waals surface area contributed by atoms with Gasteiger partial charge in [-0.2, -0.15) is 0 Å². The highest BCUT2D eigenvalue weighted by Crippen LogP contribution is 2.21. The van der Waals surface area contributed by atoms with E-state index in [0.717, 1.165) is 0 Å². The van der Waals surface area contributed by atoms with E-state index in [-0.39, 0.29) is 48.7 Å². The zero-order valence-electron chi connectivity index (χ0n) is 12.8. The van der Waals surface area contributed by atoms with Crippen LogP contribution in [0.4, 0.5) is 5.69 Å². The van der Waals surface area contributed by atoms with Crippen molar-refractivity contribution in [3.63, 3.8) is 0 Å². The zero-order valence-corrected chi connectivity index (χ0v) is 14.4. The van der Waals surface area contributed by atoms with Crippen molar-refractivity contribution < 1.29 is 14.4 Å². The van der Waals surface area contributed by atoms with Crippen molar-refractivity contribution >= 4 is 47.4 Å². The molecule has 5 N–H and O–H groups in total. The Balaban J connectivity index is 0.00000484. The van der Waals surface area contributed by atoms with Gasteiger partial charge in [0.2, 0.25) is 11.8 Å². The molecule has 9 heteroatoms. The molecule has 0 aromatic heterocycles. The first-order valence-corrected chi connectivity index (χ1v) is 7.08. The predicted octanol–water partition coefficient (Wildman–Crippen LogP) is 0.913. The lowest BCUT2D eigenvalue weighted by Gasteiger charge is -2.14. The van der Waals surface area contributed by atoms with Gasteiger partial charge in [-0.3, -0.25) is 14.4 Å². The first-order valence-electron chi connectivity index (χ1n) is 6.70. The second-order valence-corrected chi connectivity index (χ2v) is 5.28. The summed E-state index contributed by atoms with van der Waals surface area (Å²) in [6, 6.07) is 4.51. The lowest BCUT2D eigenvalue weighted by atomic mass is 10.1. The number of halogens is 2. The first-order chi connectivity index (χ1) is 10.3. The molecule has 0 radical (unpaired) electrons. The van der Waals surface area contributed by atoms with Crippen molar-refractivity contribution in [2.45, 2.75) is 19.9 Å². The van der Waals surface area contributed by atoms with Gasteiger partial charge in [0.05, 0.1) is 24.3 Å². The van der Waals surface area contributed by atoms with Crippen molar-refractivity contribution in [3.8, 4) is 0 Å². The van der Waals surface area contributed by atoms with Crippen LogP contribution in [0.3, 0.4) is 0 Å². The summed E-state index contributed by atoms with van der Waals surface area (Å²) >= 11 is 5.89. The number of carbonyl (C=O) groups excluding carboxylic acids is 3. The van der Waals surface area contributed by atoms with Crippen LogP contribution in [0, 0.1) is 0 Å². The number of carbonyl (C=O) groups is 3. The molecule has 0 heterocycles. The standard InChI is InChI=1S/C14H19ClN4O3.ClH/c1-8(2)18-14(22)10-4-3-9(15)5-11(10)19-13(21)7-17-12(20)6-16;/h3-5,8H,6-7,16H2,1-2H3,(H,17,20)(H,18,22)(H,19,21);1H. The Morgan fingerprint density at radius 1 is 1.22 bits per heavy atom. The number of rotatable bonds is 6. The molecule has 0 aliphatic rings. The van der Waals surface area contributed by atoms with Crippen LogP contribution in [-0.2, 0) is 9.59 Å². The van der Waals surface area contributed by atoms with Gasteiger partial charge in [-0.15, -0.1) is 12.4 Å². The molecule has 1 aromatic rings. The van der Waals surface area contributed by atoms with Gasteiger partial charge in [0, 0.05) is 11.1 Å². The highest BCUT2D eigenvalue weighted by atomic mass is 35.5. The Morgan fingerprint density at radius 3 is 2.43 bits per heavy atom. The average molecular weight is 363 g/mol. The third-order valence-electron chi connectivity index (χ3n) is 2.55. The molecule has 0 spiro atoms. The van der Waals surface area contributed by atoms with Crippen LogP contribution in [0.25, 0.3) is 0 Å². The fourth-order valence-electron chi connectivity index (χ4n) is 1.60. The van der Waals surface area contributed by atoms with Crippen molar-refractivity contribution in [1.29, 1.82) is 0 Å². The molecule has 3 amide bonds. The van der Waals surface area contributed by atoms with E-state index in [2.05, 4.69) is 16.0 Å². The molecule has 0 unspecified atom stereocenters. The molecule has 0 aliphatic carbocycles. The number of amides is 3. The summed E-state index contributed by atoms with van der Waals surface area (Å²) in [7, 11) is 0. The van der Waals surface area contributed by atoms with Crippen LogP contribution in [-0.4, -0.2) is 36.9 Å². The highest BCUT2D eigenvalue weighted by molar-refractivity contribution is 6.31. The smallest absolute Gasteiger partial charge is 0.253 e. The van der Waals surface area contributed by atoms with E-state index in [9.17, 15) is 14.4 Å². The van der Waals surface area contributed by atoms with Crippen LogP contribution in [0.2, 0.25) is 5.02 Å². The van der Waals surface area contributed by atoms with Gasteiger partial charge in [0.25, 0.3) is 5.91 Å². The highest BCUT2D eigenvalue weighted by Gasteiger charge is 2.15. The van der Waals surface area contributed by atoms with Crippen molar-refractivity contribution in [2.24, 2.45) is 5.73 Å². The third-order valence-corrected chi connectivity index (χ3v) is 2.79. The fourth-order valence-corrected chi connectivity index (χ4v) is 1.78. The molecule has 0 bridgehead atoms. The Morgan fingerprint density at radius 2 is 1.87 bits per heavy atom. The molecule has 7 nitrogen and oxygen atoms in total. The normalized spacial score (nSPS) is 9.78. The van der Waals surface area contributed by atoms with Crippen LogP contribution >= 0.6 is 24.0 Å². The fraction of sp³-hybridized carbons (Fsp3) is 0.357. The maximum Gasteiger partial charge on any atom is 0.253 e. The van der Waals surface area contributed by atoms with Gasteiger partial charge >= 0.3 is 0 Å². The Labute approximate surface area is 145 Å². The van der Waals surface area contributed by atoms with E-state index in [1.54, 1.807) is 6.07 Å². The molecular weight excluding hydrogens is 343 g/mol. The van der Waals surface area contributed by atoms with Crippen LogP contribution < -0.4 is 21.7 Å². The van der Waals surface area contributed by atoms with Crippen molar-refractivity contribution in [1.82, 2.24) is 10.6 Å². The maximum atomic E-state index is 12.1. The molecular formula is C14H20Cl2N4O3. The summed E-state index contributed by atoms with van der Waals surface area (Å²) in [6.07, 6.45) is 0. The molecule has 23 heavy (non-hydrogen) atoms. The minimum Gasteiger partial charge on any atom is -0.350 e. The topological polar surface area (TPSA) is 113 Å². The van der Waals surface area contributed by atoms with Gasteiger partial charge in [-0.25, -0.2) is 0 Å². The number of nitrogens with one attached hydrogen (secondary N) is 3. The number of nitrogens with two attached hydrogens (primary N) is 1. The number of hydrogen-bond acceptors (Lipinski definition) is 4. The molecule has 1 rings (SSSR count). The first kappa shape index (κ1) is 21.2. The lowest BCUT2D eigenvalue weighted by Crippen LogP contribution is -2.37. The monoisotopic (exact) mass is 362 g/mol. The summed E-state index contributed by atoms with van der Waals surface area (Å²) in [4.78, 5) is 34.9. The number of benzene rings is 1. The van der Waals surface area contributed by atoms with Crippen LogP contribution in [0.1, 0.15) is 24.2 Å². The van der Waals surface area contributed by atoms with E-state index >= 15 is 0 Å². The van der Waals surface area contributed by atoms with E-state index in [1.807, 2.05) is 13.8 Å². The second kappa shape index (κ2) is 10.0. The quantitative estimate of drug-likeness (QED) is 0.602. The summed E-state index contributed by atoms with van der Waals surface area (Å²) in [5.74, 6) is -1.25. The average Bonchev–Trinajstić information content (AvgIpc) is 2.44. The van der Waals surface area contributed by atoms with Gasteiger partial charge < -0.3 is 21.7 Å². The largest absolute Gasteiger partial charge is 0.350 e.